The number of nitrogens with one attached hydrogen (secondary N) is 1. The minimum absolute atomic E-state index is 0.701. The molecule has 3 unspecified atom stereocenters. The van der Waals surface area contributed by atoms with E-state index >= 15 is 0 Å². The molecule has 0 spiro atoms. The average Bonchev–Trinajstić information content (AvgIpc) is 2.78. The van der Waals surface area contributed by atoms with E-state index in [0.717, 1.165) is 11.1 Å². The Labute approximate surface area is 89.5 Å². The van der Waals surface area contributed by atoms with E-state index in [2.05, 4.69) is 23.5 Å². The molecule has 0 radical (unpaired) electrons. The molecule has 2 aliphatic rings. The zero-order valence-corrected chi connectivity index (χ0v) is 8.80. The molecule has 2 heterocycles. The summed E-state index contributed by atoms with van der Waals surface area (Å²) in [5, 5.41) is 4.52. The van der Waals surface area contributed by atoms with Gasteiger partial charge in [0.2, 0.25) is 0 Å². The molecule has 3 rings (SSSR count). The van der Waals surface area contributed by atoms with Crippen molar-refractivity contribution in [1.82, 2.24) is 5.32 Å². The first-order chi connectivity index (χ1) is 6.83. The fraction of sp³-hybridized carbons (Fsp3) is 0.500. The Bertz CT molecular complexity index is 350. The second kappa shape index (κ2) is 3.25. The lowest BCUT2D eigenvalue weighted by molar-refractivity contribution is 0.506. The van der Waals surface area contributed by atoms with Crippen LogP contribution in [0.25, 0.3) is 0 Å². The van der Waals surface area contributed by atoms with Crippen LogP contribution in [0.5, 0.6) is 0 Å². The van der Waals surface area contributed by atoms with Crippen LogP contribution in [-0.2, 0) is 0 Å². The molecule has 0 amide bonds. The zero-order valence-electron chi connectivity index (χ0n) is 8.04. The predicted octanol–water partition coefficient (Wildman–Crippen LogP) is 2.95. The second-order valence-corrected chi connectivity index (χ2v) is 4.88. The summed E-state index contributed by atoms with van der Waals surface area (Å²) < 4.78 is 0. The second-order valence-electron chi connectivity index (χ2n) is 4.44. The van der Waals surface area contributed by atoms with Crippen LogP contribution in [0, 0.1) is 0 Å². The van der Waals surface area contributed by atoms with E-state index in [1.807, 2.05) is 6.07 Å². The summed E-state index contributed by atoms with van der Waals surface area (Å²) in [5.41, 5.74) is 1.41. The van der Waals surface area contributed by atoms with Crippen LogP contribution in [0.1, 0.15) is 30.7 Å². The van der Waals surface area contributed by atoms with E-state index in [4.69, 9.17) is 11.6 Å². The number of fused-ring (bicyclic) bond motifs is 2. The number of hydrogen-bond acceptors (Lipinski definition) is 1. The molecule has 2 saturated heterocycles. The maximum atomic E-state index is 6.00. The van der Waals surface area contributed by atoms with Gasteiger partial charge < -0.3 is 5.32 Å². The molecule has 1 aromatic carbocycles. The SMILES string of the molecule is Clc1cccc(C2CC3CCC2N3)c1. The van der Waals surface area contributed by atoms with E-state index in [1.54, 1.807) is 0 Å². The van der Waals surface area contributed by atoms with Crippen LogP contribution in [-0.4, -0.2) is 12.1 Å². The van der Waals surface area contributed by atoms with E-state index < -0.39 is 0 Å². The average molecular weight is 208 g/mol. The fourth-order valence-electron chi connectivity index (χ4n) is 2.93. The minimum atomic E-state index is 0.701. The van der Waals surface area contributed by atoms with Crippen molar-refractivity contribution in [3.63, 3.8) is 0 Å². The van der Waals surface area contributed by atoms with Gasteiger partial charge in [-0.05, 0) is 37.0 Å². The summed E-state index contributed by atoms with van der Waals surface area (Å²) in [6.45, 7) is 0. The summed E-state index contributed by atoms with van der Waals surface area (Å²) in [6, 6.07) is 9.81. The Kier molecular flexibility index (Phi) is 2.03. The van der Waals surface area contributed by atoms with E-state index in [-0.39, 0.29) is 0 Å². The summed E-state index contributed by atoms with van der Waals surface area (Å²) in [7, 11) is 0. The van der Waals surface area contributed by atoms with Crippen LogP contribution in [0.4, 0.5) is 0 Å². The van der Waals surface area contributed by atoms with Crippen molar-refractivity contribution in [3.05, 3.63) is 34.9 Å². The molecule has 2 fully saturated rings. The summed E-state index contributed by atoms with van der Waals surface area (Å²) in [4.78, 5) is 0. The summed E-state index contributed by atoms with van der Waals surface area (Å²) in [6.07, 6.45) is 3.99. The molecule has 0 aliphatic carbocycles. The van der Waals surface area contributed by atoms with Crippen molar-refractivity contribution < 1.29 is 0 Å². The first-order valence-corrected chi connectivity index (χ1v) is 5.72. The number of halogens is 1. The standard InChI is InChI=1S/C12H14ClN/c13-9-3-1-2-8(6-9)11-7-10-4-5-12(11)14-10/h1-3,6,10-12,14H,4-5,7H2. The monoisotopic (exact) mass is 207 g/mol. The highest BCUT2D eigenvalue weighted by atomic mass is 35.5. The maximum Gasteiger partial charge on any atom is 0.0408 e. The van der Waals surface area contributed by atoms with E-state index in [1.165, 1.54) is 24.8 Å². The maximum absolute atomic E-state index is 6.00. The molecule has 74 valence electrons. The normalized spacial score (nSPS) is 35.1. The van der Waals surface area contributed by atoms with Crippen molar-refractivity contribution in [2.24, 2.45) is 0 Å². The quantitative estimate of drug-likeness (QED) is 0.747. The largest absolute Gasteiger partial charge is 0.311 e. The molecule has 1 aromatic rings. The Morgan fingerprint density at radius 2 is 2.21 bits per heavy atom. The third-order valence-electron chi connectivity index (χ3n) is 3.58. The predicted molar refractivity (Wildman–Crippen MR) is 58.8 cm³/mol. The van der Waals surface area contributed by atoms with Crippen LogP contribution >= 0.6 is 11.6 Å². The van der Waals surface area contributed by atoms with E-state index in [9.17, 15) is 0 Å². The number of benzene rings is 1. The smallest absolute Gasteiger partial charge is 0.0408 e. The molecule has 3 atom stereocenters. The third kappa shape index (κ3) is 1.35. The van der Waals surface area contributed by atoms with Crippen LogP contribution in [0.2, 0.25) is 5.02 Å². The molecule has 1 nitrogen and oxygen atoms in total. The van der Waals surface area contributed by atoms with Crippen molar-refractivity contribution in [2.45, 2.75) is 37.3 Å². The Hall–Kier alpha value is -0.530. The molecule has 14 heavy (non-hydrogen) atoms. The van der Waals surface area contributed by atoms with Crippen molar-refractivity contribution in [3.8, 4) is 0 Å². The molecule has 1 N–H and O–H groups in total. The van der Waals surface area contributed by atoms with Gasteiger partial charge in [-0.25, -0.2) is 0 Å². The van der Waals surface area contributed by atoms with Gasteiger partial charge in [0.05, 0.1) is 0 Å². The number of rotatable bonds is 1. The van der Waals surface area contributed by atoms with Crippen LogP contribution in [0.3, 0.4) is 0 Å². The van der Waals surface area contributed by atoms with Crippen molar-refractivity contribution >= 4 is 11.6 Å². The molecule has 2 bridgehead atoms. The lowest BCUT2D eigenvalue weighted by Crippen LogP contribution is -2.21. The van der Waals surface area contributed by atoms with Crippen LogP contribution < -0.4 is 5.32 Å². The highest BCUT2D eigenvalue weighted by Crippen LogP contribution is 2.40. The highest BCUT2D eigenvalue weighted by Gasteiger charge is 2.39. The van der Waals surface area contributed by atoms with Gasteiger partial charge in [0.25, 0.3) is 0 Å². The van der Waals surface area contributed by atoms with Gasteiger partial charge in [-0.1, -0.05) is 23.7 Å². The number of hydrogen-bond donors (Lipinski definition) is 1. The minimum Gasteiger partial charge on any atom is -0.311 e. The van der Waals surface area contributed by atoms with E-state index in [0.29, 0.717) is 12.0 Å². The van der Waals surface area contributed by atoms with Crippen molar-refractivity contribution in [1.29, 1.82) is 0 Å². The molecule has 0 aromatic heterocycles. The van der Waals surface area contributed by atoms with Gasteiger partial charge in [0, 0.05) is 23.0 Å². The van der Waals surface area contributed by atoms with Gasteiger partial charge in [-0.3, -0.25) is 0 Å². The first kappa shape index (κ1) is 8.75. The molecule has 2 aliphatic heterocycles. The molecular formula is C12H14ClN. The van der Waals surface area contributed by atoms with Gasteiger partial charge in [-0.15, -0.1) is 0 Å². The lowest BCUT2D eigenvalue weighted by atomic mass is 9.84. The van der Waals surface area contributed by atoms with Gasteiger partial charge >= 0.3 is 0 Å². The molecular weight excluding hydrogens is 194 g/mol. The summed E-state index contributed by atoms with van der Waals surface area (Å²) >= 11 is 6.00. The van der Waals surface area contributed by atoms with Gasteiger partial charge in [0.1, 0.15) is 0 Å². The first-order valence-electron chi connectivity index (χ1n) is 5.34. The summed E-state index contributed by atoms with van der Waals surface area (Å²) in [5.74, 6) is 0.701. The van der Waals surface area contributed by atoms with Gasteiger partial charge in [0.15, 0.2) is 0 Å². The zero-order chi connectivity index (χ0) is 9.54. The van der Waals surface area contributed by atoms with Gasteiger partial charge in [-0.2, -0.15) is 0 Å². The Morgan fingerprint density at radius 3 is 2.86 bits per heavy atom. The molecule has 0 saturated carbocycles. The third-order valence-corrected chi connectivity index (χ3v) is 3.81. The fourth-order valence-corrected chi connectivity index (χ4v) is 3.13. The topological polar surface area (TPSA) is 12.0 Å². The molecule has 2 heteroatoms. The lowest BCUT2D eigenvalue weighted by Gasteiger charge is -2.20. The Morgan fingerprint density at radius 1 is 1.29 bits per heavy atom. The highest BCUT2D eigenvalue weighted by molar-refractivity contribution is 6.30. The Balaban J connectivity index is 1.89. The van der Waals surface area contributed by atoms with Crippen LogP contribution in [0.15, 0.2) is 24.3 Å². The van der Waals surface area contributed by atoms with Crippen molar-refractivity contribution in [2.75, 3.05) is 0 Å².